The number of rotatable bonds is 4. The Hall–Kier alpha value is -1.36. The Morgan fingerprint density at radius 2 is 2.31 bits per heavy atom. The lowest BCUT2D eigenvalue weighted by molar-refractivity contribution is -0.138. The van der Waals surface area contributed by atoms with Crippen molar-refractivity contribution in [2.75, 3.05) is 0 Å². The molecule has 0 aromatic carbocycles. The maximum atomic E-state index is 10.7. The fourth-order valence-electron chi connectivity index (χ4n) is 2.31. The second-order valence-corrected chi connectivity index (χ2v) is 4.38. The first-order valence-corrected chi connectivity index (χ1v) is 5.67. The average molecular weight is 223 g/mol. The molecule has 0 spiro atoms. The monoisotopic (exact) mass is 223 g/mol. The molecular formula is C11H17N3O2. The number of hydrogen-bond donors (Lipinski definition) is 2. The van der Waals surface area contributed by atoms with E-state index in [0.29, 0.717) is 12.5 Å². The van der Waals surface area contributed by atoms with E-state index in [4.69, 9.17) is 10.8 Å². The zero-order valence-corrected chi connectivity index (χ0v) is 9.17. The Morgan fingerprint density at radius 1 is 1.62 bits per heavy atom. The van der Waals surface area contributed by atoms with Gasteiger partial charge in [-0.25, -0.2) is 4.98 Å². The van der Waals surface area contributed by atoms with Crippen LogP contribution < -0.4 is 5.73 Å². The summed E-state index contributed by atoms with van der Waals surface area (Å²) in [5, 5.41) is 8.78. The van der Waals surface area contributed by atoms with Crippen LogP contribution in [-0.2, 0) is 11.2 Å². The molecule has 5 heteroatoms. The van der Waals surface area contributed by atoms with Gasteiger partial charge in [0.15, 0.2) is 0 Å². The summed E-state index contributed by atoms with van der Waals surface area (Å²) < 4.78 is 2.09. The number of carboxylic acids is 1. The number of hydrogen-bond acceptors (Lipinski definition) is 3. The smallest absolute Gasteiger partial charge is 0.320 e. The predicted molar refractivity (Wildman–Crippen MR) is 59.0 cm³/mol. The Bertz CT molecular complexity index is 369. The number of nitrogens with two attached hydrogens (primary N) is 1. The van der Waals surface area contributed by atoms with Crippen LogP contribution in [0.15, 0.2) is 12.5 Å². The average Bonchev–Trinajstić information content (AvgIpc) is 2.85. The van der Waals surface area contributed by atoms with Crippen LogP contribution in [0.1, 0.15) is 37.4 Å². The van der Waals surface area contributed by atoms with Gasteiger partial charge < -0.3 is 15.4 Å². The molecule has 0 bridgehead atoms. The number of imidazole rings is 1. The first-order valence-electron chi connectivity index (χ1n) is 5.67. The molecule has 0 radical (unpaired) electrons. The molecule has 1 aliphatic rings. The molecule has 2 rings (SSSR count). The van der Waals surface area contributed by atoms with Crippen molar-refractivity contribution in [1.29, 1.82) is 0 Å². The van der Waals surface area contributed by atoms with Gasteiger partial charge in [-0.15, -0.1) is 0 Å². The van der Waals surface area contributed by atoms with E-state index < -0.39 is 12.0 Å². The topological polar surface area (TPSA) is 81.1 Å². The third-order valence-electron chi connectivity index (χ3n) is 3.21. The molecular weight excluding hydrogens is 206 g/mol. The summed E-state index contributed by atoms with van der Waals surface area (Å²) in [6.07, 6.45) is 8.67. The van der Waals surface area contributed by atoms with Crippen LogP contribution in [0, 0.1) is 0 Å². The van der Waals surface area contributed by atoms with Crippen LogP contribution in [-0.4, -0.2) is 26.7 Å². The lowest BCUT2D eigenvalue weighted by Gasteiger charge is -2.16. The van der Waals surface area contributed by atoms with Gasteiger partial charge in [0, 0.05) is 24.4 Å². The van der Waals surface area contributed by atoms with Crippen LogP contribution in [0.3, 0.4) is 0 Å². The zero-order chi connectivity index (χ0) is 11.5. The summed E-state index contributed by atoms with van der Waals surface area (Å²) >= 11 is 0. The van der Waals surface area contributed by atoms with Crippen LogP contribution in [0.2, 0.25) is 0 Å². The van der Waals surface area contributed by atoms with Gasteiger partial charge in [-0.3, -0.25) is 4.79 Å². The summed E-state index contributed by atoms with van der Waals surface area (Å²) in [7, 11) is 0. The molecule has 5 nitrogen and oxygen atoms in total. The van der Waals surface area contributed by atoms with E-state index in [1.807, 2.05) is 0 Å². The van der Waals surface area contributed by atoms with Crippen molar-refractivity contribution < 1.29 is 9.90 Å². The summed E-state index contributed by atoms with van der Waals surface area (Å²) in [4.78, 5) is 14.8. The molecule has 1 fully saturated rings. The largest absolute Gasteiger partial charge is 0.480 e. The van der Waals surface area contributed by atoms with Crippen LogP contribution >= 0.6 is 0 Å². The van der Waals surface area contributed by atoms with E-state index in [0.717, 1.165) is 18.5 Å². The molecule has 1 unspecified atom stereocenters. The van der Waals surface area contributed by atoms with Crippen molar-refractivity contribution >= 4 is 5.97 Å². The Labute approximate surface area is 94.3 Å². The van der Waals surface area contributed by atoms with E-state index in [2.05, 4.69) is 9.55 Å². The molecule has 1 aromatic rings. The summed E-state index contributed by atoms with van der Waals surface area (Å²) in [6, 6.07) is -0.352. The summed E-state index contributed by atoms with van der Waals surface area (Å²) in [5.41, 5.74) is 6.47. The van der Waals surface area contributed by atoms with E-state index in [9.17, 15) is 4.79 Å². The fraction of sp³-hybridized carbons (Fsp3) is 0.636. The van der Waals surface area contributed by atoms with Crippen molar-refractivity contribution in [3.8, 4) is 0 Å². The van der Waals surface area contributed by atoms with E-state index in [-0.39, 0.29) is 0 Å². The zero-order valence-electron chi connectivity index (χ0n) is 9.17. The highest BCUT2D eigenvalue weighted by Gasteiger charge is 2.21. The number of carboxylic acid groups (broad SMARTS) is 1. The van der Waals surface area contributed by atoms with Gasteiger partial charge in [0.25, 0.3) is 0 Å². The van der Waals surface area contributed by atoms with Crippen molar-refractivity contribution in [2.24, 2.45) is 5.73 Å². The number of carbonyl (C=O) groups is 1. The van der Waals surface area contributed by atoms with E-state index in [1.165, 1.54) is 12.8 Å². The van der Waals surface area contributed by atoms with Crippen molar-refractivity contribution in [2.45, 2.75) is 44.2 Å². The SMILES string of the molecule is NC(Cc1cncn1C1CCCC1)C(=O)O. The second kappa shape index (κ2) is 4.65. The van der Waals surface area contributed by atoms with Crippen molar-refractivity contribution in [3.63, 3.8) is 0 Å². The molecule has 1 atom stereocenters. The predicted octanol–water partition coefficient (Wildman–Crippen LogP) is 0.953. The second-order valence-electron chi connectivity index (χ2n) is 4.38. The maximum absolute atomic E-state index is 10.7. The fourth-order valence-corrected chi connectivity index (χ4v) is 2.31. The minimum atomic E-state index is -0.959. The molecule has 0 aliphatic heterocycles. The standard InChI is InChI=1S/C11H17N3O2/c12-10(11(15)16)5-9-6-13-7-14(9)8-3-1-2-4-8/h6-8,10H,1-5,12H2,(H,15,16). The Kier molecular flexibility index (Phi) is 3.24. The molecule has 16 heavy (non-hydrogen) atoms. The molecule has 0 saturated heterocycles. The maximum Gasteiger partial charge on any atom is 0.320 e. The van der Waals surface area contributed by atoms with Gasteiger partial charge in [-0.05, 0) is 12.8 Å². The van der Waals surface area contributed by atoms with Gasteiger partial charge >= 0.3 is 5.97 Å². The number of aliphatic carboxylic acids is 1. The Balaban J connectivity index is 2.09. The van der Waals surface area contributed by atoms with Gasteiger partial charge in [-0.1, -0.05) is 12.8 Å². The molecule has 1 saturated carbocycles. The summed E-state index contributed by atoms with van der Waals surface area (Å²) in [6.45, 7) is 0. The first kappa shape index (κ1) is 11.1. The van der Waals surface area contributed by atoms with Crippen molar-refractivity contribution in [1.82, 2.24) is 9.55 Å². The van der Waals surface area contributed by atoms with Crippen LogP contribution in [0.4, 0.5) is 0 Å². The molecule has 88 valence electrons. The third kappa shape index (κ3) is 2.24. The molecule has 1 aromatic heterocycles. The molecule has 1 heterocycles. The van der Waals surface area contributed by atoms with Gasteiger partial charge in [-0.2, -0.15) is 0 Å². The first-order chi connectivity index (χ1) is 7.68. The van der Waals surface area contributed by atoms with E-state index in [1.54, 1.807) is 12.5 Å². The third-order valence-corrected chi connectivity index (χ3v) is 3.21. The minimum Gasteiger partial charge on any atom is -0.480 e. The lowest BCUT2D eigenvalue weighted by Crippen LogP contribution is -2.33. The molecule has 3 N–H and O–H groups in total. The molecule has 1 aliphatic carbocycles. The van der Waals surface area contributed by atoms with Crippen LogP contribution in [0.5, 0.6) is 0 Å². The highest BCUT2D eigenvalue weighted by molar-refractivity contribution is 5.73. The quantitative estimate of drug-likeness (QED) is 0.796. The van der Waals surface area contributed by atoms with E-state index >= 15 is 0 Å². The van der Waals surface area contributed by atoms with Gasteiger partial charge in [0.2, 0.25) is 0 Å². The lowest BCUT2D eigenvalue weighted by atomic mass is 10.1. The molecule has 0 amide bonds. The normalized spacial score (nSPS) is 18.8. The highest BCUT2D eigenvalue weighted by atomic mass is 16.4. The number of nitrogens with zero attached hydrogens (tertiary/aromatic N) is 2. The highest BCUT2D eigenvalue weighted by Crippen LogP contribution is 2.30. The van der Waals surface area contributed by atoms with Gasteiger partial charge in [0.1, 0.15) is 6.04 Å². The van der Waals surface area contributed by atoms with Crippen molar-refractivity contribution in [3.05, 3.63) is 18.2 Å². The van der Waals surface area contributed by atoms with Crippen LogP contribution in [0.25, 0.3) is 0 Å². The van der Waals surface area contributed by atoms with Gasteiger partial charge in [0.05, 0.1) is 6.33 Å². The summed E-state index contributed by atoms with van der Waals surface area (Å²) in [5.74, 6) is -0.959. The Morgan fingerprint density at radius 3 is 2.94 bits per heavy atom. The minimum absolute atomic E-state index is 0.353. The number of aromatic nitrogens is 2.